The van der Waals surface area contributed by atoms with Gasteiger partial charge >= 0.3 is 19.7 Å². The van der Waals surface area contributed by atoms with Gasteiger partial charge in [0.15, 0.2) is 12.4 Å². The Bertz CT molecular complexity index is 1980. The quantitative estimate of drug-likeness (QED) is 0.107. The number of hydrogen-bond acceptors (Lipinski definition) is 14. The molecule has 0 aromatic heterocycles. The Balaban J connectivity index is 1.13. The predicted molar refractivity (Wildman–Crippen MR) is 221 cm³/mol. The normalized spacial score (nSPS) is 25.6. The van der Waals surface area contributed by atoms with Crippen LogP contribution >= 0.6 is 7.60 Å². The topological polar surface area (TPSA) is 197 Å². The lowest BCUT2D eigenvalue weighted by Crippen LogP contribution is -2.51. The standard InChI is InChI=1S/C42H58N3O13PS/c1-6-53-40(47)28(4)57-59(49,58-31-10-8-7-9-11-31)21-19-43-39-33-17-12-29(22-35(33)39)23-36(44-42(48)56-38-26-55-41-34(38)18-20-54-41)37(46)25-45(24-27(2)3)60(50,51)32-15-13-30(52-5)14-16-32/h7-17,22,27-28,33-39,41,43,46H,6,18-21,23-26H2,1-5H3,(H,44,48)/t28-,33?,34?,35?,36-,37+,38-,39?,41?,59?/m0/s1. The summed E-state index contributed by atoms with van der Waals surface area (Å²) in [4.78, 5) is 25.8. The molecule has 1 amide bonds. The molecule has 2 saturated heterocycles. The summed E-state index contributed by atoms with van der Waals surface area (Å²) >= 11 is 0. The molecule has 0 radical (unpaired) electrons. The van der Waals surface area contributed by atoms with E-state index < -0.39 is 60.3 Å². The zero-order valence-electron chi connectivity index (χ0n) is 34.7. The summed E-state index contributed by atoms with van der Waals surface area (Å²) in [5, 5.41) is 18.1. The number of esters is 1. The van der Waals surface area contributed by atoms with Gasteiger partial charge in [-0.05, 0) is 74.6 Å². The summed E-state index contributed by atoms with van der Waals surface area (Å²) in [6.07, 6.45) is 2.77. The van der Waals surface area contributed by atoms with E-state index in [-0.39, 0.29) is 80.0 Å². The van der Waals surface area contributed by atoms with Gasteiger partial charge in [0.25, 0.3) is 0 Å². The Hall–Kier alpha value is -3.80. The molecule has 4 aliphatic rings. The Morgan fingerprint density at radius 2 is 1.77 bits per heavy atom. The molecule has 2 aliphatic heterocycles. The maximum Gasteiger partial charge on any atom is 0.407 e. The highest BCUT2D eigenvalue weighted by atomic mass is 32.2. The number of carbonyl (C=O) groups excluding carboxylic acids is 2. The van der Waals surface area contributed by atoms with Crippen molar-refractivity contribution >= 4 is 29.7 Å². The van der Waals surface area contributed by atoms with E-state index in [9.17, 15) is 27.7 Å². The number of rotatable bonds is 22. The molecule has 10 atom stereocenters. The Labute approximate surface area is 352 Å². The van der Waals surface area contributed by atoms with E-state index in [1.165, 1.54) is 30.5 Å². The molecule has 1 saturated carbocycles. The van der Waals surface area contributed by atoms with Gasteiger partial charge < -0.3 is 43.9 Å². The third kappa shape index (κ3) is 11.8. The number of allylic oxidation sites excluding steroid dienone is 1. The number of para-hydroxylation sites is 1. The largest absolute Gasteiger partial charge is 0.497 e. The van der Waals surface area contributed by atoms with Crippen LogP contribution in [0.1, 0.15) is 40.5 Å². The lowest BCUT2D eigenvalue weighted by molar-refractivity contribution is -0.150. The van der Waals surface area contributed by atoms with Crippen molar-refractivity contribution in [3.05, 3.63) is 78.4 Å². The number of carbonyl (C=O) groups is 2. The van der Waals surface area contributed by atoms with Gasteiger partial charge in [0.05, 0.1) is 56.1 Å². The fraction of sp³-hybridized carbons (Fsp3) is 0.571. The molecule has 330 valence electrons. The summed E-state index contributed by atoms with van der Waals surface area (Å²) in [5.74, 6) is 0.252. The molecule has 0 bridgehead atoms. The maximum atomic E-state index is 14.0. The van der Waals surface area contributed by atoms with Crippen molar-refractivity contribution in [2.75, 3.05) is 52.7 Å². The van der Waals surface area contributed by atoms with Gasteiger partial charge in [0, 0.05) is 37.5 Å². The minimum atomic E-state index is -4.05. The molecule has 0 spiro atoms. The first-order valence-corrected chi connectivity index (χ1v) is 23.7. The molecular weight excluding hydrogens is 818 g/mol. The van der Waals surface area contributed by atoms with Crippen LogP contribution in [0, 0.1) is 23.7 Å². The van der Waals surface area contributed by atoms with E-state index in [1.54, 1.807) is 49.4 Å². The van der Waals surface area contributed by atoms with Crippen molar-refractivity contribution in [1.29, 1.82) is 0 Å². The number of benzene rings is 2. The lowest BCUT2D eigenvalue weighted by Gasteiger charge is -2.31. The summed E-state index contributed by atoms with van der Waals surface area (Å²) in [6.45, 7) is 7.87. The molecule has 6 rings (SSSR count). The number of nitrogens with zero attached hydrogens (tertiary/aromatic N) is 1. The first-order valence-electron chi connectivity index (χ1n) is 20.5. The Morgan fingerprint density at radius 3 is 2.47 bits per heavy atom. The van der Waals surface area contributed by atoms with Gasteiger partial charge in [-0.15, -0.1) is 0 Å². The molecule has 18 heteroatoms. The maximum absolute atomic E-state index is 14.0. The molecule has 16 nitrogen and oxygen atoms in total. The summed E-state index contributed by atoms with van der Waals surface area (Å²) in [7, 11) is -6.38. The molecule has 2 heterocycles. The van der Waals surface area contributed by atoms with Gasteiger partial charge in [-0.1, -0.05) is 50.3 Å². The van der Waals surface area contributed by atoms with Crippen molar-refractivity contribution < 1.29 is 60.4 Å². The first-order chi connectivity index (χ1) is 28.7. The van der Waals surface area contributed by atoms with Crippen LogP contribution in [-0.4, -0.2) is 119 Å². The average Bonchev–Trinajstić information content (AvgIpc) is 3.47. The summed E-state index contributed by atoms with van der Waals surface area (Å²) < 4.78 is 82.0. The zero-order chi connectivity index (χ0) is 43.0. The van der Waals surface area contributed by atoms with Gasteiger partial charge in [0.1, 0.15) is 17.6 Å². The van der Waals surface area contributed by atoms with E-state index >= 15 is 0 Å². The summed E-state index contributed by atoms with van der Waals surface area (Å²) in [6, 6.07) is 13.7. The van der Waals surface area contributed by atoms with E-state index in [4.69, 9.17) is 32.7 Å². The van der Waals surface area contributed by atoms with Crippen LogP contribution < -0.4 is 19.9 Å². The number of nitrogens with one attached hydrogen (secondary N) is 2. The number of methoxy groups -OCH3 is 1. The van der Waals surface area contributed by atoms with Crippen molar-refractivity contribution in [2.24, 2.45) is 23.7 Å². The number of aliphatic hydroxyl groups is 1. The van der Waals surface area contributed by atoms with Crippen molar-refractivity contribution in [1.82, 2.24) is 14.9 Å². The fourth-order valence-electron chi connectivity index (χ4n) is 7.76. The number of fused-ring (bicyclic) bond motifs is 2. The highest BCUT2D eigenvalue weighted by Gasteiger charge is 2.49. The second-order valence-electron chi connectivity index (χ2n) is 15.9. The van der Waals surface area contributed by atoms with Crippen LogP contribution in [0.2, 0.25) is 0 Å². The highest BCUT2D eigenvalue weighted by Crippen LogP contribution is 2.50. The van der Waals surface area contributed by atoms with Gasteiger partial charge in [-0.25, -0.2) is 22.6 Å². The molecule has 6 unspecified atom stereocenters. The van der Waals surface area contributed by atoms with Crippen molar-refractivity contribution in [3.63, 3.8) is 0 Å². The fourth-order valence-corrected chi connectivity index (χ4v) is 11.0. The number of alkyl carbamates (subject to hydrolysis) is 1. The van der Waals surface area contributed by atoms with Crippen LogP contribution in [0.15, 0.2) is 83.3 Å². The average molecular weight is 876 g/mol. The van der Waals surface area contributed by atoms with Crippen LogP contribution in [0.3, 0.4) is 0 Å². The van der Waals surface area contributed by atoms with Gasteiger partial charge in [0.2, 0.25) is 10.0 Å². The smallest absolute Gasteiger partial charge is 0.407 e. The van der Waals surface area contributed by atoms with Crippen LogP contribution in [-0.2, 0) is 42.9 Å². The third-order valence-corrected chi connectivity index (χ3v) is 14.6. The predicted octanol–water partition coefficient (Wildman–Crippen LogP) is 4.89. The first kappa shape index (κ1) is 45.7. The second-order valence-corrected chi connectivity index (χ2v) is 19.9. The minimum Gasteiger partial charge on any atom is -0.497 e. The number of amides is 1. The molecular formula is C42H58N3O13PS. The number of ether oxygens (including phenoxy) is 5. The molecule has 3 N–H and O–H groups in total. The monoisotopic (exact) mass is 875 g/mol. The second kappa shape index (κ2) is 20.4. The van der Waals surface area contributed by atoms with E-state index in [1.807, 2.05) is 26.0 Å². The Kier molecular flexibility index (Phi) is 15.5. The van der Waals surface area contributed by atoms with Crippen LogP contribution in [0.5, 0.6) is 11.5 Å². The van der Waals surface area contributed by atoms with Gasteiger partial charge in [-0.3, -0.25) is 4.52 Å². The van der Waals surface area contributed by atoms with Gasteiger partial charge in [-0.2, -0.15) is 4.31 Å². The highest BCUT2D eigenvalue weighted by molar-refractivity contribution is 7.89. The van der Waals surface area contributed by atoms with Crippen LogP contribution in [0.4, 0.5) is 4.79 Å². The molecule has 3 fully saturated rings. The SMILES string of the molecule is CCOC(=O)[C@H](C)OP(=O)(CCNC1C2C=CC(C[C@H](NC(=O)O[C@H]3COC4OCCC43)[C@H](O)CN(CC(C)C)S(=O)(=O)c3ccc(OC)cc3)=CC21)Oc1ccccc1. The number of sulfonamides is 1. The molecule has 60 heavy (non-hydrogen) atoms. The molecule has 2 aliphatic carbocycles. The Morgan fingerprint density at radius 1 is 1.02 bits per heavy atom. The van der Waals surface area contributed by atoms with E-state index in [0.717, 1.165) is 5.57 Å². The van der Waals surface area contributed by atoms with Crippen molar-refractivity contribution in [3.8, 4) is 11.5 Å². The molecule has 2 aromatic carbocycles. The van der Waals surface area contributed by atoms with E-state index in [0.29, 0.717) is 24.5 Å². The van der Waals surface area contributed by atoms with Crippen LogP contribution in [0.25, 0.3) is 0 Å². The summed E-state index contributed by atoms with van der Waals surface area (Å²) in [5.41, 5.74) is 0.830. The zero-order valence-corrected chi connectivity index (χ0v) is 36.4. The molecule has 2 aromatic rings. The minimum absolute atomic E-state index is 0.00665. The number of hydrogen-bond donors (Lipinski definition) is 3. The lowest BCUT2D eigenvalue weighted by atomic mass is 9.97. The number of aliphatic hydroxyl groups excluding tert-OH is 1. The van der Waals surface area contributed by atoms with Crippen molar-refractivity contribution in [2.45, 2.75) is 82.1 Å². The van der Waals surface area contributed by atoms with E-state index in [2.05, 4.69) is 16.7 Å². The third-order valence-electron chi connectivity index (χ3n) is 10.9.